The summed E-state index contributed by atoms with van der Waals surface area (Å²) >= 11 is 12.0. The predicted molar refractivity (Wildman–Crippen MR) is 81.8 cm³/mol. The number of hydrogen-bond acceptors (Lipinski definition) is 2. The highest BCUT2D eigenvalue weighted by atomic mass is 35.5. The summed E-state index contributed by atoms with van der Waals surface area (Å²) in [5.74, 6) is 0.446. The van der Waals surface area contributed by atoms with Crippen molar-refractivity contribution in [3.05, 3.63) is 40.6 Å². The van der Waals surface area contributed by atoms with Gasteiger partial charge in [0.15, 0.2) is 5.65 Å². The number of benzene rings is 1. The fraction of sp³-hybridized carbons (Fsp3) is 0.286. The summed E-state index contributed by atoms with van der Waals surface area (Å²) in [6, 6.07) is 4.36. The molecule has 4 nitrogen and oxygen atoms in total. The van der Waals surface area contributed by atoms with Crippen molar-refractivity contribution in [2.75, 3.05) is 0 Å². The van der Waals surface area contributed by atoms with Gasteiger partial charge in [-0.1, -0.05) is 11.6 Å². The standard InChI is InChI=1S/C14H13Cl2FN4/c1-3-20-14-13(8(2)19-20)18-12(7-15)21(14)11-5-9(16)4-10(17)6-11/h4-6H,3,7H2,1-2H3. The van der Waals surface area contributed by atoms with Crippen molar-refractivity contribution in [3.63, 3.8) is 0 Å². The number of halogens is 3. The molecule has 0 radical (unpaired) electrons. The molecule has 0 aliphatic rings. The summed E-state index contributed by atoms with van der Waals surface area (Å²) < 4.78 is 17.3. The van der Waals surface area contributed by atoms with Crippen LogP contribution in [0, 0.1) is 12.7 Å². The van der Waals surface area contributed by atoms with Crippen LogP contribution >= 0.6 is 23.2 Å². The molecule has 0 aliphatic heterocycles. The molecule has 2 aromatic heterocycles. The first kappa shape index (κ1) is 14.4. The zero-order valence-electron chi connectivity index (χ0n) is 11.6. The molecule has 0 unspecified atom stereocenters. The van der Waals surface area contributed by atoms with Crippen molar-refractivity contribution in [2.45, 2.75) is 26.3 Å². The van der Waals surface area contributed by atoms with Gasteiger partial charge in [0.2, 0.25) is 0 Å². The minimum Gasteiger partial charge on any atom is -0.280 e. The summed E-state index contributed by atoms with van der Waals surface area (Å²) in [7, 11) is 0. The Labute approximate surface area is 131 Å². The van der Waals surface area contributed by atoms with E-state index in [9.17, 15) is 4.39 Å². The molecule has 0 spiro atoms. The Hall–Kier alpha value is -1.59. The number of imidazole rings is 1. The SMILES string of the molecule is CCn1nc(C)c2nc(CCl)n(-c3cc(F)cc(Cl)c3)c21. The van der Waals surface area contributed by atoms with Crippen LogP contribution in [0.3, 0.4) is 0 Å². The van der Waals surface area contributed by atoms with Crippen LogP contribution in [-0.2, 0) is 12.4 Å². The minimum absolute atomic E-state index is 0.214. The van der Waals surface area contributed by atoms with Gasteiger partial charge in [0.1, 0.15) is 17.2 Å². The maximum atomic E-state index is 13.7. The second-order valence-electron chi connectivity index (χ2n) is 4.70. The topological polar surface area (TPSA) is 35.6 Å². The van der Waals surface area contributed by atoms with Crippen molar-refractivity contribution >= 4 is 34.4 Å². The normalized spacial score (nSPS) is 11.5. The second kappa shape index (κ2) is 5.31. The van der Waals surface area contributed by atoms with Crippen LogP contribution in [0.2, 0.25) is 5.02 Å². The highest BCUT2D eigenvalue weighted by Gasteiger charge is 2.19. The molecule has 0 amide bonds. The Morgan fingerprint density at radius 3 is 2.67 bits per heavy atom. The molecule has 0 bridgehead atoms. The minimum atomic E-state index is -0.404. The van der Waals surface area contributed by atoms with Gasteiger partial charge >= 0.3 is 0 Å². The first-order chi connectivity index (χ1) is 10.0. The average molecular weight is 327 g/mol. The predicted octanol–water partition coefficient (Wildman–Crippen LogP) is 4.08. The fourth-order valence-corrected chi connectivity index (χ4v) is 2.86. The van der Waals surface area contributed by atoms with Gasteiger partial charge in [0.05, 0.1) is 17.3 Å². The lowest BCUT2D eigenvalue weighted by molar-refractivity contribution is 0.625. The third-order valence-corrected chi connectivity index (χ3v) is 3.76. The number of hydrogen-bond donors (Lipinski definition) is 0. The molecule has 1 aromatic carbocycles. The van der Waals surface area contributed by atoms with E-state index in [4.69, 9.17) is 23.2 Å². The number of aryl methyl sites for hydroxylation is 2. The first-order valence-corrected chi connectivity index (χ1v) is 7.43. The Balaban J connectivity index is 2.38. The third kappa shape index (κ3) is 2.30. The van der Waals surface area contributed by atoms with Crippen molar-refractivity contribution in [3.8, 4) is 5.69 Å². The van der Waals surface area contributed by atoms with Crippen LogP contribution in [0.15, 0.2) is 18.2 Å². The van der Waals surface area contributed by atoms with Crippen LogP contribution in [0.25, 0.3) is 16.9 Å². The molecule has 0 saturated heterocycles. The van der Waals surface area contributed by atoms with Gasteiger partial charge in [-0.2, -0.15) is 5.10 Å². The number of fused-ring (bicyclic) bond motifs is 1. The van der Waals surface area contributed by atoms with E-state index in [1.165, 1.54) is 12.1 Å². The lowest BCUT2D eigenvalue weighted by Gasteiger charge is -2.10. The molecule has 110 valence electrons. The van der Waals surface area contributed by atoms with Gasteiger partial charge in [0.25, 0.3) is 0 Å². The van der Waals surface area contributed by atoms with E-state index in [1.54, 1.807) is 10.6 Å². The summed E-state index contributed by atoms with van der Waals surface area (Å²) in [5.41, 5.74) is 2.98. The Kier molecular flexibility index (Phi) is 3.63. The summed E-state index contributed by atoms with van der Waals surface area (Å²) in [4.78, 5) is 4.52. The molecule has 7 heteroatoms. The lowest BCUT2D eigenvalue weighted by Crippen LogP contribution is -2.06. The summed E-state index contributed by atoms with van der Waals surface area (Å²) in [6.45, 7) is 4.56. The van der Waals surface area contributed by atoms with Gasteiger partial charge in [0, 0.05) is 11.6 Å². The van der Waals surface area contributed by atoms with E-state index in [2.05, 4.69) is 10.1 Å². The quantitative estimate of drug-likeness (QED) is 0.680. The smallest absolute Gasteiger partial charge is 0.163 e. The average Bonchev–Trinajstić information content (AvgIpc) is 2.95. The fourth-order valence-electron chi connectivity index (χ4n) is 2.46. The molecule has 3 rings (SSSR count). The Morgan fingerprint density at radius 2 is 2.05 bits per heavy atom. The van der Waals surface area contributed by atoms with E-state index >= 15 is 0 Å². The number of aromatic nitrogens is 4. The third-order valence-electron chi connectivity index (χ3n) is 3.31. The second-order valence-corrected chi connectivity index (χ2v) is 5.40. The van der Waals surface area contributed by atoms with Crippen molar-refractivity contribution < 1.29 is 4.39 Å². The molecule has 2 heterocycles. The molecule has 3 aromatic rings. The molecule has 0 fully saturated rings. The largest absolute Gasteiger partial charge is 0.280 e. The van der Waals surface area contributed by atoms with E-state index in [0.717, 1.165) is 16.9 Å². The highest BCUT2D eigenvalue weighted by molar-refractivity contribution is 6.30. The molecule has 0 aliphatic carbocycles. The van der Waals surface area contributed by atoms with Crippen LogP contribution in [-0.4, -0.2) is 19.3 Å². The van der Waals surface area contributed by atoms with Crippen molar-refractivity contribution in [1.29, 1.82) is 0 Å². The lowest BCUT2D eigenvalue weighted by atomic mass is 10.3. The van der Waals surface area contributed by atoms with Gasteiger partial charge < -0.3 is 0 Å². The summed E-state index contributed by atoms with van der Waals surface area (Å²) in [6.07, 6.45) is 0. The van der Waals surface area contributed by atoms with Crippen LogP contribution in [0.5, 0.6) is 0 Å². The Bertz CT molecular complexity index is 802. The van der Waals surface area contributed by atoms with Crippen LogP contribution in [0.1, 0.15) is 18.4 Å². The van der Waals surface area contributed by atoms with Gasteiger partial charge in [-0.3, -0.25) is 4.57 Å². The van der Waals surface area contributed by atoms with E-state index in [-0.39, 0.29) is 5.88 Å². The van der Waals surface area contributed by atoms with E-state index in [0.29, 0.717) is 23.1 Å². The van der Waals surface area contributed by atoms with E-state index < -0.39 is 5.82 Å². The van der Waals surface area contributed by atoms with Crippen molar-refractivity contribution in [2.24, 2.45) is 0 Å². The zero-order valence-corrected chi connectivity index (χ0v) is 13.1. The van der Waals surface area contributed by atoms with E-state index in [1.807, 2.05) is 18.5 Å². The zero-order chi connectivity index (χ0) is 15.1. The molecule has 21 heavy (non-hydrogen) atoms. The van der Waals surface area contributed by atoms with Crippen molar-refractivity contribution in [1.82, 2.24) is 19.3 Å². The number of alkyl halides is 1. The maximum absolute atomic E-state index is 13.7. The Morgan fingerprint density at radius 1 is 1.29 bits per heavy atom. The molecular weight excluding hydrogens is 314 g/mol. The number of rotatable bonds is 3. The molecule has 0 saturated carbocycles. The van der Waals surface area contributed by atoms with Gasteiger partial charge in [-0.15, -0.1) is 11.6 Å². The number of nitrogens with zero attached hydrogens (tertiary/aromatic N) is 4. The highest BCUT2D eigenvalue weighted by Crippen LogP contribution is 2.27. The molecule has 0 N–H and O–H groups in total. The van der Waals surface area contributed by atoms with Gasteiger partial charge in [-0.05, 0) is 32.0 Å². The first-order valence-electron chi connectivity index (χ1n) is 6.52. The van der Waals surface area contributed by atoms with Gasteiger partial charge in [-0.25, -0.2) is 14.1 Å². The summed E-state index contributed by atoms with van der Waals surface area (Å²) in [5, 5.41) is 4.76. The monoisotopic (exact) mass is 326 g/mol. The van der Waals surface area contributed by atoms with Crippen LogP contribution in [0.4, 0.5) is 4.39 Å². The molecule has 0 atom stereocenters. The van der Waals surface area contributed by atoms with Crippen LogP contribution < -0.4 is 0 Å². The molecular formula is C14H13Cl2FN4. The maximum Gasteiger partial charge on any atom is 0.163 e.